The van der Waals surface area contributed by atoms with Gasteiger partial charge in [0.15, 0.2) is 5.96 Å². The molecule has 0 aliphatic rings. The van der Waals surface area contributed by atoms with Gasteiger partial charge in [-0.25, -0.2) is 9.97 Å². The number of hydrogen-bond acceptors (Lipinski definition) is 5. The summed E-state index contributed by atoms with van der Waals surface area (Å²) >= 11 is 0. The van der Waals surface area contributed by atoms with Gasteiger partial charge in [-0.3, -0.25) is 4.99 Å². The molecule has 0 saturated heterocycles. The first kappa shape index (κ1) is 17.8. The number of pyridine rings is 1. The number of oxazole rings is 1. The van der Waals surface area contributed by atoms with E-state index in [2.05, 4.69) is 25.6 Å². The van der Waals surface area contributed by atoms with Crippen LogP contribution in [0.2, 0.25) is 0 Å². The van der Waals surface area contributed by atoms with Crippen LogP contribution in [0.5, 0.6) is 5.88 Å². The third-order valence-electron chi connectivity index (χ3n) is 3.32. The smallest absolute Gasteiger partial charge is 0.214 e. The highest BCUT2D eigenvalue weighted by Gasteiger charge is 2.06. The molecule has 2 aromatic heterocycles. The molecule has 0 radical (unpaired) electrons. The fourth-order valence-electron chi connectivity index (χ4n) is 2.01. The van der Waals surface area contributed by atoms with Crippen LogP contribution in [-0.2, 0) is 13.1 Å². The highest BCUT2D eigenvalue weighted by atomic mass is 16.5. The van der Waals surface area contributed by atoms with Crippen molar-refractivity contribution in [2.24, 2.45) is 4.99 Å². The summed E-state index contributed by atoms with van der Waals surface area (Å²) in [6, 6.07) is 3.84. The van der Waals surface area contributed by atoms with Gasteiger partial charge in [0.25, 0.3) is 0 Å². The second kappa shape index (κ2) is 8.33. The Bertz CT molecular complexity index is 657. The fraction of sp³-hybridized carbons (Fsp3) is 0.471. The number of ether oxygens (including phenoxy) is 1. The van der Waals surface area contributed by atoms with Crippen molar-refractivity contribution in [3.63, 3.8) is 0 Å². The molecule has 0 fully saturated rings. The van der Waals surface area contributed by atoms with Crippen molar-refractivity contribution < 1.29 is 9.15 Å². The highest BCUT2D eigenvalue weighted by Crippen LogP contribution is 2.09. The number of hydrogen-bond donors (Lipinski definition) is 2. The SMILES string of the molecule is CN=C(NCc1ccc(OC(C)C)nc1)NCc1nc(C)c(C)o1. The van der Waals surface area contributed by atoms with Crippen molar-refractivity contribution in [1.29, 1.82) is 0 Å². The van der Waals surface area contributed by atoms with Crippen LogP contribution in [-0.4, -0.2) is 29.1 Å². The van der Waals surface area contributed by atoms with Crippen molar-refractivity contribution in [3.05, 3.63) is 41.2 Å². The van der Waals surface area contributed by atoms with E-state index < -0.39 is 0 Å². The largest absolute Gasteiger partial charge is 0.475 e. The molecule has 2 aromatic rings. The zero-order valence-corrected chi connectivity index (χ0v) is 14.9. The topological polar surface area (TPSA) is 84.6 Å². The third-order valence-corrected chi connectivity index (χ3v) is 3.32. The Hall–Kier alpha value is -2.57. The van der Waals surface area contributed by atoms with Gasteiger partial charge in [-0.1, -0.05) is 6.07 Å². The third kappa shape index (κ3) is 5.26. The summed E-state index contributed by atoms with van der Waals surface area (Å²) < 4.78 is 11.1. The van der Waals surface area contributed by atoms with E-state index in [9.17, 15) is 0 Å². The fourth-order valence-corrected chi connectivity index (χ4v) is 2.01. The number of nitrogens with one attached hydrogen (secondary N) is 2. The minimum atomic E-state index is 0.118. The Morgan fingerprint density at radius 3 is 2.54 bits per heavy atom. The Kier molecular flexibility index (Phi) is 6.17. The molecule has 0 aliphatic heterocycles. The number of aliphatic imine (C=N–C) groups is 1. The Morgan fingerprint density at radius 2 is 2.00 bits per heavy atom. The van der Waals surface area contributed by atoms with Crippen molar-refractivity contribution >= 4 is 5.96 Å². The molecule has 130 valence electrons. The summed E-state index contributed by atoms with van der Waals surface area (Å²) in [6.45, 7) is 8.87. The summed E-state index contributed by atoms with van der Waals surface area (Å²) in [5, 5.41) is 6.40. The number of aromatic nitrogens is 2. The van der Waals surface area contributed by atoms with Crippen molar-refractivity contribution in [3.8, 4) is 5.88 Å². The van der Waals surface area contributed by atoms with Gasteiger partial charge in [0.1, 0.15) is 5.76 Å². The lowest BCUT2D eigenvalue weighted by Gasteiger charge is -2.11. The van der Waals surface area contributed by atoms with E-state index in [1.807, 2.05) is 39.8 Å². The number of aryl methyl sites for hydroxylation is 2. The lowest BCUT2D eigenvalue weighted by Crippen LogP contribution is -2.36. The van der Waals surface area contributed by atoms with Gasteiger partial charge in [0.05, 0.1) is 18.3 Å². The van der Waals surface area contributed by atoms with E-state index in [1.54, 1.807) is 13.2 Å². The predicted molar refractivity (Wildman–Crippen MR) is 93.0 cm³/mol. The van der Waals surface area contributed by atoms with Gasteiger partial charge in [0, 0.05) is 25.9 Å². The van der Waals surface area contributed by atoms with Gasteiger partial charge in [-0.15, -0.1) is 0 Å². The number of nitrogens with zero attached hydrogens (tertiary/aromatic N) is 3. The van der Waals surface area contributed by atoms with Crippen LogP contribution >= 0.6 is 0 Å². The second-order valence-electron chi connectivity index (χ2n) is 5.70. The summed E-state index contributed by atoms with van der Waals surface area (Å²) in [4.78, 5) is 12.8. The maximum Gasteiger partial charge on any atom is 0.214 e. The van der Waals surface area contributed by atoms with Gasteiger partial charge in [0.2, 0.25) is 11.8 Å². The molecule has 0 saturated carbocycles. The quantitative estimate of drug-likeness (QED) is 0.624. The predicted octanol–water partition coefficient (Wildman–Crippen LogP) is 2.34. The summed E-state index contributed by atoms with van der Waals surface area (Å²) in [7, 11) is 1.72. The van der Waals surface area contributed by atoms with Crippen molar-refractivity contribution in [1.82, 2.24) is 20.6 Å². The van der Waals surface area contributed by atoms with Crippen LogP contribution in [0.25, 0.3) is 0 Å². The normalized spacial score (nSPS) is 11.7. The molecule has 0 amide bonds. The standard InChI is InChI=1S/C17H25N5O2/c1-11(2)23-15-7-6-14(8-19-15)9-20-17(18-5)21-10-16-22-12(3)13(4)24-16/h6-8,11H,9-10H2,1-5H3,(H2,18,20,21). The van der Waals surface area contributed by atoms with Crippen LogP contribution < -0.4 is 15.4 Å². The minimum Gasteiger partial charge on any atom is -0.475 e. The van der Waals surface area contributed by atoms with Crippen molar-refractivity contribution in [2.75, 3.05) is 7.05 Å². The van der Waals surface area contributed by atoms with E-state index >= 15 is 0 Å². The van der Waals surface area contributed by atoms with E-state index in [0.717, 1.165) is 17.0 Å². The minimum absolute atomic E-state index is 0.118. The molecular weight excluding hydrogens is 306 g/mol. The lowest BCUT2D eigenvalue weighted by molar-refractivity contribution is 0.232. The molecule has 2 N–H and O–H groups in total. The van der Waals surface area contributed by atoms with Gasteiger partial charge < -0.3 is 19.8 Å². The molecule has 0 atom stereocenters. The molecule has 0 spiro atoms. The molecule has 0 aliphatic carbocycles. The average Bonchev–Trinajstić information content (AvgIpc) is 2.87. The second-order valence-corrected chi connectivity index (χ2v) is 5.70. The Morgan fingerprint density at radius 1 is 1.25 bits per heavy atom. The zero-order valence-electron chi connectivity index (χ0n) is 14.9. The van der Waals surface area contributed by atoms with Crippen LogP contribution in [0.4, 0.5) is 0 Å². The molecule has 2 heterocycles. The van der Waals surface area contributed by atoms with Crippen LogP contribution in [0.15, 0.2) is 27.7 Å². The average molecular weight is 331 g/mol. The summed E-state index contributed by atoms with van der Waals surface area (Å²) in [6.07, 6.45) is 1.91. The molecule has 7 nitrogen and oxygen atoms in total. The van der Waals surface area contributed by atoms with E-state index in [4.69, 9.17) is 9.15 Å². The first-order valence-corrected chi connectivity index (χ1v) is 7.97. The number of rotatable bonds is 6. The van der Waals surface area contributed by atoms with E-state index in [1.165, 1.54) is 0 Å². The number of guanidine groups is 1. The molecule has 24 heavy (non-hydrogen) atoms. The zero-order chi connectivity index (χ0) is 17.5. The van der Waals surface area contributed by atoms with Crippen LogP contribution in [0.1, 0.15) is 36.8 Å². The molecule has 2 rings (SSSR count). The van der Waals surface area contributed by atoms with Gasteiger partial charge in [-0.05, 0) is 33.3 Å². The maximum atomic E-state index is 5.54. The lowest BCUT2D eigenvalue weighted by atomic mass is 10.3. The van der Waals surface area contributed by atoms with Crippen LogP contribution in [0, 0.1) is 13.8 Å². The highest BCUT2D eigenvalue weighted by molar-refractivity contribution is 5.79. The summed E-state index contributed by atoms with van der Waals surface area (Å²) in [5.41, 5.74) is 1.95. The maximum absolute atomic E-state index is 5.54. The van der Waals surface area contributed by atoms with Crippen molar-refractivity contribution in [2.45, 2.75) is 46.9 Å². The molecule has 7 heteroatoms. The summed E-state index contributed by atoms with van der Waals surface area (Å²) in [5.74, 6) is 2.78. The van der Waals surface area contributed by atoms with E-state index in [-0.39, 0.29) is 6.10 Å². The molecule has 0 bridgehead atoms. The molecular formula is C17H25N5O2. The Balaban J connectivity index is 1.82. The first-order valence-electron chi connectivity index (χ1n) is 7.97. The Labute approximate surface area is 142 Å². The molecule has 0 unspecified atom stereocenters. The van der Waals surface area contributed by atoms with Crippen LogP contribution in [0.3, 0.4) is 0 Å². The first-order chi connectivity index (χ1) is 11.5. The van der Waals surface area contributed by atoms with Gasteiger partial charge >= 0.3 is 0 Å². The molecule has 0 aromatic carbocycles. The van der Waals surface area contributed by atoms with Gasteiger partial charge in [-0.2, -0.15) is 0 Å². The monoisotopic (exact) mass is 331 g/mol. The van der Waals surface area contributed by atoms with E-state index in [0.29, 0.717) is 30.8 Å².